The minimum absolute atomic E-state index is 0.520. The molecule has 1 N–H and O–H groups in total. The zero-order chi connectivity index (χ0) is 12.3. The number of nitrogens with one attached hydrogen (secondary N) is 1. The van der Waals surface area contributed by atoms with Crippen LogP contribution in [0.15, 0.2) is 30.6 Å². The summed E-state index contributed by atoms with van der Waals surface area (Å²) in [6.45, 7) is 1.89. The lowest BCUT2D eigenvalue weighted by molar-refractivity contribution is 0.458. The van der Waals surface area contributed by atoms with E-state index in [1.54, 1.807) is 19.2 Å². The summed E-state index contributed by atoms with van der Waals surface area (Å²) in [6, 6.07) is 7.18. The van der Waals surface area contributed by atoms with Crippen molar-refractivity contribution < 1.29 is 4.74 Å². The van der Waals surface area contributed by atoms with E-state index in [2.05, 4.69) is 15.3 Å². The molecule has 88 valence electrons. The molecule has 0 unspecified atom stereocenters. The Balaban J connectivity index is 2.30. The van der Waals surface area contributed by atoms with Gasteiger partial charge in [0.15, 0.2) is 0 Å². The maximum absolute atomic E-state index is 5.88. The second-order valence-corrected chi connectivity index (χ2v) is 3.90. The van der Waals surface area contributed by atoms with Gasteiger partial charge in [-0.15, -0.1) is 0 Å². The highest BCUT2D eigenvalue weighted by Gasteiger charge is 2.07. The van der Waals surface area contributed by atoms with Gasteiger partial charge in [0.25, 0.3) is 0 Å². The zero-order valence-electron chi connectivity index (χ0n) is 9.57. The van der Waals surface area contributed by atoms with Gasteiger partial charge >= 0.3 is 0 Å². The van der Waals surface area contributed by atoms with Gasteiger partial charge in [-0.25, -0.2) is 9.97 Å². The van der Waals surface area contributed by atoms with Crippen molar-refractivity contribution in [1.82, 2.24) is 9.97 Å². The van der Waals surface area contributed by atoms with Gasteiger partial charge in [0.05, 0.1) is 5.56 Å². The number of hydrogen-bond acceptors (Lipinski definition) is 4. The van der Waals surface area contributed by atoms with Crippen molar-refractivity contribution in [2.24, 2.45) is 0 Å². The summed E-state index contributed by atoms with van der Waals surface area (Å²) in [5.41, 5.74) is 0.856. The first-order chi connectivity index (χ1) is 8.20. The Bertz CT molecular complexity index is 531. The maximum Gasteiger partial charge on any atom is 0.227 e. The zero-order valence-corrected chi connectivity index (χ0v) is 10.3. The van der Waals surface area contributed by atoms with E-state index < -0.39 is 0 Å². The quantitative estimate of drug-likeness (QED) is 0.907. The lowest BCUT2D eigenvalue weighted by Crippen LogP contribution is -1.99. The van der Waals surface area contributed by atoms with Crippen LogP contribution in [0.2, 0.25) is 5.02 Å². The van der Waals surface area contributed by atoms with Crippen molar-refractivity contribution in [2.45, 2.75) is 6.92 Å². The van der Waals surface area contributed by atoms with Crippen LogP contribution in [-0.2, 0) is 0 Å². The normalized spacial score (nSPS) is 10.1. The number of nitrogens with zero attached hydrogens (tertiary/aromatic N) is 2. The van der Waals surface area contributed by atoms with Gasteiger partial charge in [-0.05, 0) is 25.1 Å². The molecule has 4 nitrogen and oxygen atoms in total. The summed E-state index contributed by atoms with van der Waals surface area (Å²) in [4.78, 5) is 8.18. The van der Waals surface area contributed by atoms with Crippen LogP contribution >= 0.6 is 11.6 Å². The molecule has 1 heterocycles. The van der Waals surface area contributed by atoms with Crippen LogP contribution in [-0.4, -0.2) is 17.0 Å². The summed E-state index contributed by atoms with van der Waals surface area (Å²) in [7, 11) is 1.80. The molecule has 0 spiro atoms. The molecule has 2 rings (SSSR count). The van der Waals surface area contributed by atoms with Crippen molar-refractivity contribution in [2.75, 3.05) is 12.4 Å². The number of ether oxygens (including phenoxy) is 1. The summed E-state index contributed by atoms with van der Waals surface area (Å²) >= 11 is 5.88. The lowest BCUT2D eigenvalue weighted by Gasteiger charge is -2.09. The highest BCUT2D eigenvalue weighted by molar-refractivity contribution is 6.30. The van der Waals surface area contributed by atoms with Gasteiger partial charge in [0, 0.05) is 12.1 Å². The van der Waals surface area contributed by atoms with Gasteiger partial charge in [0.2, 0.25) is 5.88 Å². The van der Waals surface area contributed by atoms with E-state index in [-0.39, 0.29) is 0 Å². The van der Waals surface area contributed by atoms with Crippen LogP contribution in [0.3, 0.4) is 0 Å². The van der Waals surface area contributed by atoms with Gasteiger partial charge in [-0.1, -0.05) is 17.7 Å². The smallest absolute Gasteiger partial charge is 0.227 e. The Morgan fingerprint density at radius 3 is 2.82 bits per heavy atom. The van der Waals surface area contributed by atoms with E-state index in [1.807, 2.05) is 19.1 Å². The molecular formula is C12H12ClN3O. The van der Waals surface area contributed by atoms with Crippen LogP contribution in [0.1, 0.15) is 5.56 Å². The number of anilines is 1. The Hall–Kier alpha value is -1.81. The van der Waals surface area contributed by atoms with Crippen molar-refractivity contribution in [3.63, 3.8) is 0 Å². The van der Waals surface area contributed by atoms with E-state index in [9.17, 15) is 0 Å². The molecule has 0 aliphatic heterocycles. The largest absolute Gasteiger partial charge is 0.439 e. The van der Waals surface area contributed by atoms with Gasteiger partial charge < -0.3 is 10.1 Å². The Morgan fingerprint density at radius 1 is 1.29 bits per heavy atom. The molecule has 0 saturated carbocycles. The van der Waals surface area contributed by atoms with E-state index >= 15 is 0 Å². The molecule has 1 aromatic carbocycles. The summed E-state index contributed by atoms with van der Waals surface area (Å²) in [5.74, 6) is 1.92. The highest BCUT2D eigenvalue weighted by atomic mass is 35.5. The van der Waals surface area contributed by atoms with Gasteiger partial charge in [-0.2, -0.15) is 0 Å². The first kappa shape index (κ1) is 11.7. The minimum Gasteiger partial charge on any atom is -0.439 e. The minimum atomic E-state index is 0.520. The van der Waals surface area contributed by atoms with Gasteiger partial charge in [-0.3, -0.25) is 0 Å². The van der Waals surface area contributed by atoms with E-state index in [0.717, 1.165) is 11.4 Å². The molecule has 0 atom stereocenters. The second-order valence-electron chi connectivity index (χ2n) is 3.46. The molecule has 0 saturated heterocycles. The number of halogens is 1. The fraction of sp³-hybridized carbons (Fsp3) is 0.167. The summed E-state index contributed by atoms with van der Waals surface area (Å²) < 4.78 is 5.66. The molecule has 17 heavy (non-hydrogen) atoms. The molecule has 0 aliphatic rings. The fourth-order valence-electron chi connectivity index (χ4n) is 1.43. The van der Waals surface area contributed by atoms with E-state index in [0.29, 0.717) is 16.7 Å². The molecule has 0 amide bonds. The number of rotatable bonds is 3. The number of aromatic nitrogens is 2. The third kappa shape index (κ3) is 2.65. The molecule has 5 heteroatoms. The fourth-order valence-corrected chi connectivity index (χ4v) is 1.61. The van der Waals surface area contributed by atoms with Crippen LogP contribution in [0.5, 0.6) is 11.6 Å². The van der Waals surface area contributed by atoms with E-state index in [1.165, 1.54) is 6.33 Å². The van der Waals surface area contributed by atoms with Crippen molar-refractivity contribution in [1.29, 1.82) is 0 Å². The summed E-state index contributed by atoms with van der Waals surface area (Å²) in [6.07, 6.45) is 1.46. The molecule has 1 aromatic heterocycles. The van der Waals surface area contributed by atoms with Crippen LogP contribution < -0.4 is 10.1 Å². The Labute approximate surface area is 105 Å². The second kappa shape index (κ2) is 5.01. The van der Waals surface area contributed by atoms with Crippen molar-refractivity contribution in [3.05, 3.63) is 41.2 Å². The average Bonchev–Trinajstić information content (AvgIpc) is 2.32. The van der Waals surface area contributed by atoms with Crippen LogP contribution in [0.4, 0.5) is 5.82 Å². The first-order valence-electron chi connectivity index (χ1n) is 5.13. The monoisotopic (exact) mass is 249 g/mol. The molecule has 0 bridgehead atoms. The highest BCUT2D eigenvalue weighted by Crippen LogP contribution is 2.27. The topological polar surface area (TPSA) is 47.0 Å². The lowest BCUT2D eigenvalue weighted by atomic mass is 10.3. The van der Waals surface area contributed by atoms with Crippen LogP contribution in [0, 0.1) is 6.92 Å². The van der Waals surface area contributed by atoms with Crippen molar-refractivity contribution in [3.8, 4) is 11.6 Å². The predicted molar refractivity (Wildman–Crippen MR) is 67.8 cm³/mol. The molecule has 2 aromatic rings. The third-order valence-corrected chi connectivity index (χ3v) is 2.52. The first-order valence-corrected chi connectivity index (χ1v) is 5.51. The predicted octanol–water partition coefficient (Wildman–Crippen LogP) is 3.27. The SMILES string of the molecule is CNc1ncnc(Oc2cccc(Cl)c2)c1C. The Kier molecular flexibility index (Phi) is 3.44. The standard InChI is InChI=1S/C12H12ClN3O/c1-8-11(14-2)15-7-16-12(8)17-10-5-3-4-9(13)6-10/h3-7H,1-2H3,(H,14,15,16). The number of hydrogen-bond donors (Lipinski definition) is 1. The molecule has 0 fully saturated rings. The molecule has 0 aliphatic carbocycles. The molecular weight excluding hydrogens is 238 g/mol. The van der Waals surface area contributed by atoms with E-state index in [4.69, 9.17) is 16.3 Å². The number of benzene rings is 1. The third-order valence-electron chi connectivity index (χ3n) is 2.29. The molecule has 0 radical (unpaired) electrons. The van der Waals surface area contributed by atoms with Crippen molar-refractivity contribution >= 4 is 17.4 Å². The van der Waals surface area contributed by atoms with Crippen LogP contribution in [0.25, 0.3) is 0 Å². The Morgan fingerprint density at radius 2 is 2.12 bits per heavy atom. The average molecular weight is 250 g/mol. The summed E-state index contributed by atoms with van der Waals surface area (Å²) in [5, 5.41) is 3.60. The maximum atomic E-state index is 5.88. The van der Waals surface area contributed by atoms with Gasteiger partial charge in [0.1, 0.15) is 17.9 Å².